The van der Waals surface area contributed by atoms with Gasteiger partial charge in [-0.3, -0.25) is 9.55 Å². The second-order valence-corrected chi connectivity index (χ2v) is 6.00. The number of halogens is 1. The van der Waals surface area contributed by atoms with E-state index in [2.05, 4.69) is 36.5 Å². The van der Waals surface area contributed by atoms with Gasteiger partial charge in [0.2, 0.25) is 0 Å². The van der Waals surface area contributed by atoms with Crippen molar-refractivity contribution in [2.24, 2.45) is 0 Å². The number of hydrogen-bond acceptors (Lipinski definition) is 2. The molecule has 21 heavy (non-hydrogen) atoms. The summed E-state index contributed by atoms with van der Waals surface area (Å²) in [6.45, 7) is 0. The first-order chi connectivity index (χ1) is 10.3. The highest BCUT2D eigenvalue weighted by Gasteiger charge is 2.12. The number of imidazole rings is 1. The number of H-pyrrole nitrogens is 1. The Bertz CT molecular complexity index is 1030. The predicted molar refractivity (Wildman–Crippen MR) is 91.5 cm³/mol. The van der Waals surface area contributed by atoms with Crippen LogP contribution in [0.5, 0.6) is 0 Å². The van der Waals surface area contributed by atoms with Crippen LogP contribution in [0.1, 0.15) is 0 Å². The molecule has 102 valence electrons. The van der Waals surface area contributed by atoms with Crippen molar-refractivity contribution in [3.63, 3.8) is 0 Å². The number of benzene rings is 2. The Balaban J connectivity index is 2.24. The van der Waals surface area contributed by atoms with Gasteiger partial charge in [-0.2, -0.15) is 0 Å². The molecule has 2 aromatic carbocycles. The van der Waals surface area contributed by atoms with Crippen LogP contribution in [0.4, 0.5) is 0 Å². The molecule has 0 radical (unpaired) electrons. The first-order valence-electron chi connectivity index (χ1n) is 6.49. The van der Waals surface area contributed by atoms with Gasteiger partial charge in [0.25, 0.3) is 0 Å². The van der Waals surface area contributed by atoms with E-state index in [1.807, 2.05) is 48.7 Å². The predicted octanol–water partition coefficient (Wildman–Crippen LogP) is 5.00. The van der Waals surface area contributed by atoms with Crippen LogP contribution in [-0.2, 0) is 0 Å². The lowest BCUT2D eigenvalue weighted by Crippen LogP contribution is -1.96. The third-order valence-corrected chi connectivity index (χ3v) is 4.46. The third kappa shape index (κ3) is 1.92. The summed E-state index contributed by atoms with van der Waals surface area (Å²) in [7, 11) is 0. The lowest BCUT2D eigenvalue weighted by atomic mass is 10.2. The van der Waals surface area contributed by atoms with Crippen LogP contribution in [0.25, 0.3) is 27.6 Å². The molecule has 0 bridgehead atoms. The first kappa shape index (κ1) is 12.7. The summed E-state index contributed by atoms with van der Waals surface area (Å²) in [4.78, 5) is 7.72. The minimum atomic E-state index is 0.662. The van der Waals surface area contributed by atoms with Crippen molar-refractivity contribution >= 4 is 50.1 Å². The quantitative estimate of drug-likeness (QED) is 0.487. The normalized spacial score (nSPS) is 11.3. The number of aromatic amines is 1. The van der Waals surface area contributed by atoms with Gasteiger partial charge in [-0.15, -0.1) is 0 Å². The van der Waals surface area contributed by atoms with Crippen LogP contribution in [0.2, 0.25) is 0 Å². The van der Waals surface area contributed by atoms with Crippen LogP contribution < -0.4 is 0 Å². The molecule has 0 aliphatic carbocycles. The largest absolute Gasteiger partial charge is 0.329 e. The molecule has 0 fully saturated rings. The minimum Gasteiger partial charge on any atom is -0.329 e. The number of fused-ring (bicyclic) bond motifs is 3. The number of aromatic nitrogens is 3. The van der Waals surface area contributed by atoms with Crippen LogP contribution in [-0.4, -0.2) is 14.5 Å². The van der Waals surface area contributed by atoms with E-state index < -0.39 is 0 Å². The van der Waals surface area contributed by atoms with Gasteiger partial charge in [0, 0.05) is 9.86 Å². The molecule has 4 aromatic rings. The summed E-state index contributed by atoms with van der Waals surface area (Å²) >= 11 is 9.12. The molecule has 0 saturated heterocycles. The highest BCUT2D eigenvalue weighted by atomic mass is 79.9. The molecular formula is C16H10BrN3S. The van der Waals surface area contributed by atoms with E-state index in [1.165, 1.54) is 0 Å². The summed E-state index contributed by atoms with van der Waals surface area (Å²) < 4.78 is 3.72. The van der Waals surface area contributed by atoms with E-state index in [-0.39, 0.29) is 0 Å². The van der Waals surface area contributed by atoms with E-state index in [0.717, 1.165) is 32.1 Å². The molecule has 0 saturated carbocycles. The van der Waals surface area contributed by atoms with Crippen LogP contribution in [0, 0.1) is 4.77 Å². The van der Waals surface area contributed by atoms with Crippen LogP contribution >= 0.6 is 28.1 Å². The summed E-state index contributed by atoms with van der Waals surface area (Å²) in [5, 5.41) is 1.08. The summed E-state index contributed by atoms with van der Waals surface area (Å²) in [5.41, 5.74) is 3.97. The molecule has 5 heteroatoms. The van der Waals surface area contributed by atoms with Crippen molar-refractivity contribution in [2.75, 3.05) is 0 Å². The lowest BCUT2D eigenvalue weighted by molar-refractivity contribution is 1.06. The Labute approximate surface area is 134 Å². The fraction of sp³-hybridized carbons (Fsp3) is 0. The van der Waals surface area contributed by atoms with Crippen molar-refractivity contribution in [3.05, 3.63) is 64.0 Å². The van der Waals surface area contributed by atoms with Gasteiger partial charge in [0.05, 0.1) is 28.4 Å². The van der Waals surface area contributed by atoms with Crippen molar-refractivity contribution in [3.8, 4) is 5.69 Å². The van der Waals surface area contributed by atoms with Crippen LogP contribution in [0.15, 0.2) is 59.2 Å². The Hall–Kier alpha value is -1.98. The second-order valence-electron chi connectivity index (χ2n) is 4.75. The zero-order valence-electron chi connectivity index (χ0n) is 10.9. The molecule has 4 rings (SSSR count). The fourth-order valence-corrected chi connectivity index (χ4v) is 3.36. The van der Waals surface area contributed by atoms with Crippen molar-refractivity contribution in [1.82, 2.24) is 14.5 Å². The second kappa shape index (κ2) is 4.79. The Morgan fingerprint density at radius 2 is 1.81 bits per heavy atom. The summed E-state index contributed by atoms with van der Waals surface area (Å²) in [6, 6.07) is 16.1. The third-order valence-electron chi connectivity index (χ3n) is 3.51. The van der Waals surface area contributed by atoms with E-state index in [9.17, 15) is 0 Å². The monoisotopic (exact) mass is 355 g/mol. The molecular weight excluding hydrogens is 346 g/mol. The van der Waals surface area contributed by atoms with E-state index in [0.29, 0.717) is 4.77 Å². The van der Waals surface area contributed by atoms with Gasteiger partial charge in [-0.25, -0.2) is 0 Å². The highest BCUT2D eigenvalue weighted by molar-refractivity contribution is 9.10. The molecule has 1 N–H and O–H groups in total. The molecule has 0 amide bonds. The van der Waals surface area contributed by atoms with Crippen molar-refractivity contribution in [2.45, 2.75) is 0 Å². The number of nitrogens with zero attached hydrogens (tertiary/aromatic N) is 2. The highest BCUT2D eigenvalue weighted by Crippen LogP contribution is 2.29. The maximum atomic E-state index is 5.52. The number of rotatable bonds is 1. The summed E-state index contributed by atoms with van der Waals surface area (Å²) in [6.07, 6.45) is 1.83. The van der Waals surface area contributed by atoms with E-state index in [1.54, 1.807) is 0 Å². The Morgan fingerprint density at radius 3 is 2.67 bits per heavy atom. The van der Waals surface area contributed by atoms with Gasteiger partial charge < -0.3 is 4.98 Å². The molecule has 0 unspecified atom stereocenters. The molecule has 0 aliphatic rings. The maximum absolute atomic E-state index is 5.52. The SMILES string of the molecule is S=c1[nH]c2cnc3ccccc3c2n1-c1ccccc1Br. The number of pyridine rings is 1. The molecule has 0 spiro atoms. The molecule has 0 aliphatic heterocycles. The number of para-hydroxylation sites is 2. The zero-order chi connectivity index (χ0) is 14.4. The number of hydrogen-bond donors (Lipinski definition) is 1. The Kier molecular flexibility index (Phi) is 2.90. The molecule has 2 heterocycles. The smallest absolute Gasteiger partial charge is 0.182 e. The molecule has 3 nitrogen and oxygen atoms in total. The number of nitrogens with one attached hydrogen (secondary N) is 1. The molecule has 2 aromatic heterocycles. The fourth-order valence-electron chi connectivity index (χ4n) is 2.59. The van der Waals surface area contributed by atoms with E-state index >= 15 is 0 Å². The Morgan fingerprint density at radius 1 is 1.05 bits per heavy atom. The lowest BCUT2D eigenvalue weighted by Gasteiger charge is -2.08. The standard InChI is InChI=1S/C16H10BrN3S/c17-11-6-2-4-8-14(11)20-15-10-5-1-3-7-12(10)18-9-13(15)19-16(20)21/h1-9H,(H,19,21). The maximum Gasteiger partial charge on any atom is 0.182 e. The summed E-state index contributed by atoms with van der Waals surface area (Å²) in [5.74, 6) is 0. The van der Waals surface area contributed by atoms with Gasteiger partial charge in [-0.05, 0) is 46.3 Å². The van der Waals surface area contributed by atoms with Crippen LogP contribution in [0.3, 0.4) is 0 Å². The van der Waals surface area contributed by atoms with Gasteiger partial charge in [0.1, 0.15) is 0 Å². The molecule has 0 atom stereocenters. The topological polar surface area (TPSA) is 33.6 Å². The van der Waals surface area contributed by atoms with Crippen molar-refractivity contribution < 1.29 is 0 Å². The first-order valence-corrected chi connectivity index (χ1v) is 7.69. The van der Waals surface area contributed by atoms with Gasteiger partial charge in [-0.1, -0.05) is 30.3 Å². The minimum absolute atomic E-state index is 0.662. The average molecular weight is 356 g/mol. The van der Waals surface area contributed by atoms with E-state index in [4.69, 9.17) is 12.2 Å². The van der Waals surface area contributed by atoms with Gasteiger partial charge >= 0.3 is 0 Å². The zero-order valence-corrected chi connectivity index (χ0v) is 13.3. The van der Waals surface area contributed by atoms with Crippen molar-refractivity contribution in [1.29, 1.82) is 0 Å². The van der Waals surface area contributed by atoms with Gasteiger partial charge in [0.15, 0.2) is 4.77 Å². The average Bonchev–Trinajstić information content (AvgIpc) is 2.84.